The number of ether oxygens (including phenoxy) is 1. The molecule has 1 saturated carbocycles. The van der Waals surface area contributed by atoms with E-state index in [0.29, 0.717) is 12.8 Å². The second kappa shape index (κ2) is 7.04. The van der Waals surface area contributed by atoms with Gasteiger partial charge in [0.05, 0.1) is 23.0 Å². The Morgan fingerprint density at radius 1 is 1.15 bits per heavy atom. The minimum atomic E-state index is -2.88. The van der Waals surface area contributed by atoms with Crippen molar-refractivity contribution < 1.29 is 44.3 Å². The molecule has 1 aromatic rings. The van der Waals surface area contributed by atoms with E-state index in [9.17, 15) is 39.6 Å². The first-order valence-corrected chi connectivity index (χ1v) is 10.7. The summed E-state index contributed by atoms with van der Waals surface area (Å²) in [4.78, 5) is 51.2. The van der Waals surface area contributed by atoms with Crippen LogP contribution < -0.4 is 5.73 Å². The monoisotopic (exact) mass is 467 g/mol. The molecular formula is C24H21NO9. The highest BCUT2D eigenvalue weighted by Crippen LogP contribution is 2.55. The third-order valence-electron chi connectivity index (χ3n) is 7.11. The fourth-order valence-corrected chi connectivity index (χ4v) is 5.26. The summed E-state index contributed by atoms with van der Waals surface area (Å²) in [6.45, 7) is 3.99. The number of hydrogen-bond donors (Lipinski definition) is 5. The first kappa shape index (κ1) is 21.9. The quantitative estimate of drug-likeness (QED) is 0.319. The zero-order valence-electron chi connectivity index (χ0n) is 17.8. The SMILES string of the molecule is C=C1c2cccc(O)c2C(=O)C2=C(O)[C@]3(O)C(=O)C(C(N)=O)=C(O)C[C@@H]3[C@@H](OC(=O)C3CC3)[C@H]12. The Labute approximate surface area is 192 Å². The zero-order chi connectivity index (χ0) is 24.7. The number of phenolic OH excluding ortho intramolecular Hbond substituents is 1. The summed E-state index contributed by atoms with van der Waals surface area (Å²) < 4.78 is 5.70. The topological polar surface area (TPSA) is 184 Å². The fraction of sp³-hybridized carbons (Fsp3) is 0.333. The molecule has 34 heavy (non-hydrogen) atoms. The normalized spacial score (nSPS) is 30.5. The predicted molar refractivity (Wildman–Crippen MR) is 114 cm³/mol. The average Bonchev–Trinajstić information content (AvgIpc) is 3.61. The molecule has 6 N–H and O–H groups in total. The van der Waals surface area contributed by atoms with Crippen LogP contribution in [0.15, 0.2) is 47.4 Å². The lowest BCUT2D eigenvalue weighted by Crippen LogP contribution is -2.62. The van der Waals surface area contributed by atoms with Crippen LogP contribution in [-0.4, -0.2) is 55.6 Å². The van der Waals surface area contributed by atoms with Gasteiger partial charge in [0.2, 0.25) is 5.78 Å². The van der Waals surface area contributed by atoms with Crippen molar-refractivity contribution in [1.29, 1.82) is 0 Å². The number of fused-ring (bicyclic) bond motifs is 3. The van der Waals surface area contributed by atoms with Crippen molar-refractivity contribution in [2.45, 2.75) is 31.0 Å². The van der Waals surface area contributed by atoms with E-state index in [1.54, 1.807) is 0 Å². The summed E-state index contributed by atoms with van der Waals surface area (Å²) in [6, 6.07) is 4.27. The number of aliphatic hydroxyl groups excluding tert-OH is 2. The number of amides is 1. The largest absolute Gasteiger partial charge is 0.511 e. The van der Waals surface area contributed by atoms with Gasteiger partial charge in [0.1, 0.15) is 28.9 Å². The van der Waals surface area contributed by atoms with Crippen molar-refractivity contribution >= 4 is 29.0 Å². The third-order valence-corrected chi connectivity index (χ3v) is 7.11. The summed E-state index contributed by atoms with van der Waals surface area (Å²) in [5, 5.41) is 43.4. The minimum absolute atomic E-state index is 0.198. The molecule has 0 radical (unpaired) electrons. The van der Waals surface area contributed by atoms with Gasteiger partial charge in [-0.1, -0.05) is 18.7 Å². The second-order valence-electron chi connectivity index (χ2n) is 9.06. The van der Waals surface area contributed by atoms with E-state index in [-0.39, 0.29) is 22.6 Å². The molecule has 0 unspecified atom stereocenters. The van der Waals surface area contributed by atoms with Gasteiger partial charge in [-0.05, 0) is 30.0 Å². The van der Waals surface area contributed by atoms with E-state index in [4.69, 9.17) is 10.5 Å². The number of benzene rings is 1. The number of ketones is 2. The molecule has 0 bridgehead atoms. The molecule has 4 atom stereocenters. The fourth-order valence-electron chi connectivity index (χ4n) is 5.26. The summed E-state index contributed by atoms with van der Waals surface area (Å²) in [5.41, 5.74) is 1.20. The number of carbonyl (C=O) groups is 4. The van der Waals surface area contributed by atoms with E-state index in [1.807, 2.05) is 0 Å². The summed E-state index contributed by atoms with van der Waals surface area (Å²) >= 11 is 0. The van der Waals surface area contributed by atoms with Crippen molar-refractivity contribution in [2.24, 2.45) is 23.5 Å². The molecule has 1 fully saturated rings. The van der Waals surface area contributed by atoms with E-state index in [0.717, 1.165) is 0 Å². The maximum Gasteiger partial charge on any atom is 0.309 e. The van der Waals surface area contributed by atoms with E-state index >= 15 is 0 Å². The third kappa shape index (κ3) is 2.72. The predicted octanol–water partition coefficient (Wildman–Crippen LogP) is 0.983. The number of aliphatic hydroxyl groups is 3. The molecule has 0 spiro atoms. The summed E-state index contributed by atoms with van der Waals surface area (Å²) in [6.07, 6.45) is -0.751. The number of rotatable bonds is 3. The van der Waals surface area contributed by atoms with Gasteiger partial charge in [-0.25, -0.2) is 0 Å². The molecule has 10 heteroatoms. The maximum absolute atomic E-state index is 13.5. The molecule has 10 nitrogen and oxygen atoms in total. The van der Waals surface area contributed by atoms with Crippen molar-refractivity contribution in [1.82, 2.24) is 0 Å². The van der Waals surface area contributed by atoms with Gasteiger partial charge >= 0.3 is 5.97 Å². The molecule has 1 aromatic carbocycles. The van der Waals surface area contributed by atoms with Crippen LogP contribution in [0.25, 0.3) is 5.57 Å². The molecule has 5 rings (SSSR count). The van der Waals surface area contributed by atoms with Crippen LogP contribution in [0, 0.1) is 17.8 Å². The molecule has 176 valence electrons. The van der Waals surface area contributed by atoms with Crippen LogP contribution in [0.5, 0.6) is 5.75 Å². The number of hydrogen-bond acceptors (Lipinski definition) is 9. The number of carbonyl (C=O) groups excluding carboxylic acids is 4. The van der Waals surface area contributed by atoms with Gasteiger partial charge in [0.15, 0.2) is 11.4 Å². The Balaban J connectivity index is 1.77. The van der Waals surface area contributed by atoms with Gasteiger partial charge in [-0.2, -0.15) is 0 Å². The Morgan fingerprint density at radius 2 is 1.82 bits per heavy atom. The first-order chi connectivity index (χ1) is 16.0. The lowest BCUT2D eigenvalue weighted by Gasteiger charge is -2.49. The smallest absolute Gasteiger partial charge is 0.309 e. The molecule has 0 aromatic heterocycles. The van der Waals surface area contributed by atoms with E-state index in [1.165, 1.54) is 18.2 Å². The standard InChI is InChI=1S/C24H21NO9/c1-8-10-3-2-4-12(26)15(10)18(28)17-14(8)19(34-23(32)9-5-6-9)11-7-13(27)16(22(25)31)20(29)24(11,33)21(17)30/h2-4,9,11,14,19,26-27,30,33H,1,5-7H2,(H2,25,31)/t11-,14-,19-,24-/m1/s1. The van der Waals surface area contributed by atoms with Crippen molar-refractivity contribution in [3.8, 4) is 5.75 Å². The highest BCUT2D eigenvalue weighted by Gasteiger charge is 2.65. The van der Waals surface area contributed by atoms with Gasteiger partial charge in [-0.15, -0.1) is 0 Å². The van der Waals surface area contributed by atoms with Crippen LogP contribution in [0.3, 0.4) is 0 Å². The summed E-state index contributed by atoms with van der Waals surface area (Å²) in [7, 11) is 0. The van der Waals surface area contributed by atoms with Crippen LogP contribution in [-0.2, 0) is 19.1 Å². The number of aromatic hydroxyl groups is 1. The summed E-state index contributed by atoms with van der Waals surface area (Å²) in [5.74, 6) is -9.44. The van der Waals surface area contributed by atoms with Crippen molar-refractivity contribution in [3.63, 3.8) is 0 Å². The Hall–Kier alpha value is -3.92. The van der Waals surface area contributed by atoms with Gasteiger partial charge in [0.25, 0.3) is 5.91 Å². The highest BCUT2D eigenvalue weighted by molar-refractivity contribution is 6.25. The number of primary amides is 1. The van der Waals surface area contributed by atoms with Gasteiger partial charge < -0.3 is 30.9 Å². The molecule has 4 aliphatic carbocycles. The zero-order valence-corrected chi connectivity index (χ0v) is 17.8. The molecular weight excluding hydrogens is 446 g/mol. The van der Waals surface area contributed by atoms with Crippen LogP contribution in [0.1, 0.15) is 35.2 Å². The molecule has 0 heterocycles. The van der Waals surface area contributed by atoms with Crippen molar-refractivity contribution in [2.75, 3.05) is 0 Å². The number of phenols is 1. The molecule has 4 aliphatic rings. The molecule has 0 aliphatic heterocycles. The van der Waals surface area contributed by atoms with Crippen LogP contribution in [0.4, 0.5) is 0 Å². The van der Waals surface area contributed by atoms with Crippen LogP contribution in [0.2, 0.25) is 0 Å². The Kier molecular flexibility index (Phi) is 4.53. The second-order valence-corrected chi connectivity index (χ2v) is 9.06. The first-order valence-electron chi connectivity index (χ1n) is 10.7. The van der Waals surface area contributed by atoms with E-state index in [2.05, 4.69) is 6.58 Å². The number of Topliss-reactive ketones (excluding diaryl/α,β-unsaturated/α-hetero) is 2. The van der Waals surface area contributed by atoms with Crippen molar-refractivity contribution in [3.05, 3.63) is 58.6 Å². The lowest BCUT2D eigenvalue weighted by atomic mass is 9.57. The number of allylic oxidation sites excluding steroid dienone is 1. The number of esters is 1. The Morgan fingerprint density at radius 3 is 2.44 bits per heavy atom. The van der Waals surface area contributed by atoms with Crippen LogP contribution >= 0.6 is 0 Å². The van der Waals surface area contributed by atoms with Gasteiger partial charge in [0, 0.05) is 12.3 Å². The van der Waals surface area contributed by atoms with E-state index < -0.39 is 81.8 Å². The number of nitrogens with two attached hydrogens (primary N) is 1. The Bertz CT molecular complexity index is 1290. The highest BCUT2D eigenvalue weighted by atomic mass is 16.5. The lowest BCUT2D eigenvalue weighted by molar-refractivity contribution is -0.172. The molecule has 0 saturated heterocycles. The van der Waals surface area contributed by atoms with Gasteiger partial charge in [-0.3, -0.25) is 19.2 Å². The molecule has 1 amide bonds. The average molecular weight is 467 g/mol. The maximum atomic E-state index is 13.5. The minimum Gasteiger partial charge on any atom is -0.511 e.